The van der Waals surface area contributed by atoms with Crippen molar-refractivity contribution in [3.05, 3.63) is 52.0 Å². The van der Waals surface area contributed by atoms with E-state index in [0.717, 1.165) is 6.42 Å². The van der Waals surface area contributed by atoms with Crippen LogP contribution in [0.3, 0.4) is 0 Å². The van der Waals surface area contributed by atoms with E-state index in [2.05, 4.69) is 5.32 Å². The van der Waals surface area contributed by atoms with Crippen LogP contribution in [0.15, 0.2) is 41.3 Å². The van der Waals surface area contributed by atoms with Crippen molar-refractivity contribution in [3.63, 3.8) is 0 Å². The molecule has 2 aromatic carbocycles. The Bertz CT molecular complexity index is 1030. The van der Waals surface area contributed by atoms with Gasteiger partial charge in [0.05, 0.1) is 17.2 Å². The highest BCUT2D eigenvalue weighted by molar-refractivity contribution is 7.87. The molecule has 0 saturated heterocycles. The van der Waals surface area contributed by atoms with Gasteiger partial charge in [0.1, 0.15) is 4.90 Å². The van der Waals surface area contributed by atoms with E-state index >= 15 is 0 Å². The van der Waals surface area contributed by atoms with Gasteiger partial charge in [-0.15, -0.1) is 0 Å². The maximum absolute atomic E-state index is 12.8. The molecule has 1 N–H and O–H groups in total. The smallest absolute Gasteiger partial charge is 0.339 e. The Kier molecular flexibility index (Phi) is 8.85. The molecule has 31 heavy (non-hydrogen) atoms. The highest BCUT2D eigenvalue weighted by Crippen LogP contribution is 2.33. The molecular formula is C21H26Cl2N2O5S. The highest BCUT2D eigenvalue weighted by atomic mass is 35.5. The Morgan fingerprint density at radius 3 is 2.39 bits per heavy atom. The van der Waals surface area contributed by atoms with E-state index in [9.17, 15) is 13.2 Å². The molecule has 7 nitrogen and oxygen atoms in total. The largest absolute Gasteiger partial charge is 0.493 e. The summed E-state index contributed by atoms with van der Waals surface area (Å²) in [6.45, 7) is 6.56. The van der Waals surface area contributed by atoms with Crippen molar-refractivity contribution < 1.29 is 22.1 Å². The Morgan fingerprint density at radius 2 is 1.81 bits per heavy atom. The van der Waals surface area contributed by atoms with Crippen LogP contribution >= 0.6 is 23.2 Å². The average Bonchev–Trinajstić information content (AvgIpc) is 2.73. The lowest BCUT2D eigenvalue weighted by Crippen LogP contribution is -2.44. The zero-order valence-electron chi connectivity index (χ0n) is 17.8. The van der Waals surface area contributed by atoms with Gasteiger partial charge in [-0.25, -0.2) is 4.79 Å². The van der Waals surface area contributed by atoms with Crippen LogP contribution in [-0.2, 0) is 16.7 Å². The van der Waals surface area contributed by atoms with Gasteiger partial charge in [0.2, 0.25) is 0 Å². The van der Waals surface area contributed by atoms with Crippen molar-refractivity contribution in [2.24, 2.45) is 0 Å². The predicted octanol–water partition coefficient (Wildman–Crippen LogP) is 5.10. The third kappa shape index (κ3) is 6.41. The Morgan fingerprint density at radius 1 is 1.10 bits per heavy atom. The Labute approximate surface area is 193 Å². The molecule has 0 heterocycles. The number of benzene rings is 2. The number of hydrogen-bond acceptors (Lipinski definition) is 5. The highest BCUT2D eigenvalue weighted by Gasteiger charge is 2.23. The molecule has 0 spiro atoms. The van der Waals surface area contributed by atoms with Crippen LogP contribution in [0.2, 0.25) is 10.0 Å². The zero-order chi connectivity index (χ0) is 23.2. The van der Waals surface area contributed by atoms with Gasteiger partial charge in [0.15, 0.2) is 11.5 Å². The lowest BCUT2D eigenvalue weighted by Gasteiger charge is -2.29. The van der Waals surface area contributed by atoms with Crippen molar-refractivity contribution in [2.75, 3.05) is 13.7 Å². The summed E-state index contributed by atoms with van der Waals surface area (Å²) < 4.78 is 36.1. The number of amides is 2. The second kappa shape index (κ2) is 10.9. The van der Waals surface area contributed by atoms with E-state index in [1.54, 1.807) is 23.1 Å². The van der Waals surface area contributed by atoms with Crippen LogP contribution in [0.4, 0.5) is 4.79 Å². The Hall–Kier alpha value is -2.16. The fourth-order valence-corrected chi connectivity index (χ4v) is 4.10. The van der Waals surface area contributed by atoms with E-state index in [1.165, 1.54) is 25.3 Å². The number of carbonyl (C=O) groups excluding carboxylic acids is 1. The number of urea groups is 1. The second-order valence-electron chi connectivity index (χ2n) is 6.82. The van der Waals surface area contributed by atoms with Gasteiger partial charge in [-0.1, -0.05) is 36.2 Å². The summed E-state index contributed by atoms with van der Waals surface area (Å²) in [5.74, 6) is 0.242. The van der Waals surface area contributed by atoms with E-state index < -0.39 is 10.1 Å². The molecule has 0 bridgehead atoms. The number of methoxy groups -OCH3 is 1. The van der Waals surface area contributed by atoms with Crippen LogP contribution in [-0.4, -0.2) is 39.0 Å². The number of halogens is 2. The molecule has 0 aliphatic rings. The first kappa shape index (κ1) is 25.1. The number of ether oxygens (including phenoxy) is 1. The zero-order valence-corrected chi connectivity index (χ0v) is 20.1. The third-order valence-electron chi connectivity index (χ3n) is 4.67. The summed E-state index contributed by atoms with van der Waals surface area (Å²) in [5, 5.41) is 3.13. The van der Waals surface area contributed by atoms with Crippen molar-refractivity contribution in [1.29, 1.82) is 0 Å². The van der Waals surface area contributed by atoms with Crippen LogP contribution in [0.5, 0.6) is 11.5 Å². The molecule has 0 fully saturated rings. The minimum Gasteiger partial charge on any atom is -0.493 e. The lowest BCUT2D eigenvalue weighted by molar-refractivity contribution is 0.174. The number of nitrogens with one attached hydrogen (secondary N) is 1. The van der Waals surface area contributed by atoms with Gasteiger partial charge >= 0.3 is 16.1 Å². The first-order valence-electron chi connectivity index (χ1n) is 9.73. The summed E-state index contributed by atoms with van der Waals surface area (Å²) in [6.07, 6.45) is 0.766. The molecule has 2 aromatic rings. The fourth-order valence-electron chi connectivity index (χ4n) is 2.78. The molecule has 2 rings (SSSR count). The predicted molar refractivity (Wildman–Crippen MR) is 122 cm³/mol. The van der Waals surface area contributed by atoms with Gasteiger partial charge in [-0.2, -0.15) is 8.42 Å². The maximum atomic E-state index is 12.8. The first-order chi connectivity index (χ1) is 14.6. The molecule has 1 atom stereocenters. The summed E-state index contributed by atoms with van der Waals surface area (Å²) in [6, 6.07) is 8.59. The lowest BCUT2D eigenvalue weighted by atomic mass is 10.1. The topological polar surface area (TPSA) is 84.9 Å². The third-order valence-corrected chi connectivity index (χ3v) is 6.64. The van der Waals surface area contributed by atoms with Gasteiger partial charge in [-0.3, -0.25) is 0 Å². The van der Waals surface area contributed by atoms with Gasteiger partial charge in [-0.05, 0) is 56.2 Å². The normalized spacial score (nSPS) is 12.2. The molecular weight excluding hydrogens is 463 g/mol. The Balaban J connectivity index is 2.36. The molecule has 0 aromatic heterocycles. The number of rotatable bonds is 9. The molecule has 0 aliphatic heterocycles. The van der Waals surface area contributed by atoms with Crippen LogP contribution in [0, 0.1) is 0 Å². The first-order valence-corrected chi connectivity index (χ1v) is 11.9. The SMILES string of the molecule is CCNC(=O)N(Cc1ccc(OC)c(OS(=O)(=O)c2ccc(Cl)c(Cl)c2)c1)[C@H](C)CC. The van der Waals surface area contributed by atoms with Crippen molar-refractivity contribution in [2.45, 2.75) is 44.7 Å². The van der Waals surface area contributed by atoms with Gasteiger partial charge in [0, 0.05) is 19.1 Å². The second-order valence-corrected chi connectivity index (χ2v) is 9.18. The number of carbonyl (C=O) groups is 1. The van der Waals surface area contributed by atoms with Crippen LogP contribution < -0.4 is 14.2 Å². The average molecular weight is 489 g/mol. The van der Waals surface area contributed by atoms with Gasteiger partial charge < -0.3 is 19.1 Å². The number of nitrogens with zero attached hydrogens (tertiary/aromatic N) is 1. The van der Waals surface area contributed by atoms with E-state index in [4.69, 9.17) is 32.1 Å². The van der Waals surface area contributed by atoms with Crippen LogP contribution in [0.1, 0.15) is 32.8 Å². The monoisotopic (exact) mass is 488 g/mol. The van der Waals surface area contributed by atoms with Crippen molar-refractivity contribution in [1.82, 2.24) is 10.2 Å². The van der Waals surface area contributed by atoms with Crippen LogP contribution in [0.25, 0.3) is 0 Å². The quantitative estimate of drug-likeness (QED) is 0.496. The summed E-state index contributed by atoms with van der Waals surface area (Å²) in [7, 11) is -2.78. The van der Waals surface area contributed by atoms with E-state index in [0.29, 0.717) is 12.1 Å². The molecule has 0 aliphatic carbocycles. The minimum absolute atomic E-state index is 0.00562. The molecule has 10 heteroatoms. The standard InChI is InChI=1S/C21H26Cl2N2O5S/c1-5-14(3)25(21(26)24-6-2)13-15-7-10-19(29-4)20(11-15)30-31(27,28)16-8-9-17(22)18(23)12-16/h7-12,14H,5-6,13H2,1-4H3,(H,24,26)/t14-/m1/s1. The minimum atomic E-state index is -4.19. The van der Waals surface area contributed by atoms with Gasteiger partial charge in [0.25, 0.3) is 0 Å². The van der Waals surface area contributed by atoms with E-state index in [1.807, 2.05) is 20.8 Å². The summed E-state index contributed by atoms with van der Waals surface area (Å²) in [5.41, 5.74) is 0.687. The fraction of sp³-hybridized carbons (Fsp3) is 0.381. The number of hydrogen-bond donors (Lipinski definition) is 1. The summed E-state index contributed by atoms with van der Waals surface area (Å²) in [4.78, 5) is 14.0. The molecule has 0 saturated carbocycles. The molecule has 0 radical (unpaired) electrons. The van der Waals surface area contributed by atoms with Crippen molar-refractivity contribution >= 4 is 39.4 Å². The molecule has 170 valence electrons. The molecule has 2 amide bonds. The maximum Gasteiger partial charge on any atom is 0.339 e. The molecule has 0 unspecified atom stereocenters. The van der Waals surface area contributed by atoms with E-state index in [-0.39, 0.29) is 45.1 Å². The summed E-state index contributed by atoms with van der Waals surface area (Å²) >= 11 is 11.8. The van der Waals surface area contributed by atoms with Crippen molar-refractivity contribution in [3.8, 4) is 11.5 Å².